The van der Waals surface area contributed by atoms with Crippen LogP contribution in [0.25, 0.3) is 0 Å². The summed E-state index contributed by atoms with van der Waals surface area (Å²) in [5, 5.41) is 8.07. The van der Waals surface area contributed by atoms with Gasteiger partial charge in [0.05, 0.1) is 6.20 Å². The normalized spacial score (nSPS) is 16.9. The van der Waals surface area contributed by atoms with Crippen LogP contribution < -0.4 is 4.74 Å². The predicted molar refractivity (Wildman–Crippen MR) is 63.9 cm³/mol. The molecule has 0 saturated heterocycles. The van der Waals surface area contributed by atoms with Crippen molar-refractivity contribution in [2.24, 2.45) is 4.99 Å². The van der Waals surface area contributed by atoms with E-state index in [-0.39, 0.29) is 5.75 Å². The van der Waals surface area contributed by atoms with Crippen LogP contribution in [0.3, 0.4) is 0 Å². The second-order valence-electron chi connectivity index (χ2n) is 3.61. The standard InChI is InChI=1S/C11H9NO5S/c1-7-2-4-8(5-3-7)17-11-12-6-9(10(13)14)18(11,15)16/h2-6H,1H3,(H,13,14). The summed E-state index contributed by atoms with van der Waals surface area (Å²) in [5.41, 5.74) is 0.989. The molecule has 0 fully saturated rings. The van der Waals surface area contributed by atoms with Crippen molar-refractivity contribution in [2.45, 2.75) is 6.92 Å². The van der Waals surface area contributed by atoms with Crippen LogP contribution in [0.1, 0.15) is 5.56 Å². The molecule has 0 spiro atoms. The van der Waals surface area contributed by atoms with Crippen molar-refractivity contribution in [1.82, 2.24) is 0 Å². The van der Waals surface area contributed by atoms with Crippen LogP contribution in [0, 0.1) is 6.92 Å². The van der Waals surface area contributed by atoms with E-state index in [9.17, 15) is 13.2 Å². The summed E-state index contributed by atoms with van der Waals surface area (Å²) in [4.78, 5) is 13.4. The fourth-order valence-corrected chi connectivity index (χ4v) is 2.31. The van der Waals surface area contributed by atoms with E-state index in [1.807, 2.05) is 6.92 Å². The minimum absolute atomic E-state index is 0.281. The van der Waals surface area contributed by atoms with Crippen LogP contribution in [0.2, 0.25) is 0 Å². The van der Waals surface area contributed by atoms with Crippen LogP contribution in [0.5, 0.6) is 5.75 Å². The lowest BCUT2D eigenvalue weighted by atomic mass is 10.2. The number of aliphatic imine (C=N–C) groups is 1. The maximum absolute atomic E-state index is 11.7. The summed E-state index contributed by atoms with van der Waals surface area (Å²) >= 11 is 0. The summed E-state index contributed by atoms with van der Waals surface area (Å²) in [6.45, 7) is 1.87. The quantitative estimate of drug-likeness (QED) is 0.865. The van der Waals surface area contributed by atoms with E-state index in [4.69, 9.17) is 9.84 Å². The van der Waals surface area contributed by atoms with E-state index < -0.39 is 25.9 Å². The molecule has 1 aliphatic rings. The first-order valence-electron chi connectivity index (χ1n) is 4.92. The van der Waals surface area contributed by atoms with Crippen LogP contribution >= 0.6 is 0 Å². The highest BCUT2D eigenvalue weighted by Crippen LogP contribution is 2.21. The fourth-order valence-electron chi connectivity index (χ4n) is 1.30. The first-order valence-corrected chi connectivity index (χ1v) is 6.40. The van der Waals surface area contributed by atoms with E-state index in [0.717, 1.165) is 11.8 Å². The molecule has 7 heteroatoms. The molecule has 1 aromatic rings. The van der Waals surface area contributed by atoms with E-state index in [0.29, 0.717) is 0 Å². The molecular formula is C11H9NO5S. The number of rotatable bonds is 2. The van der Waals surface area contributed by atoms with Gasteiger partial charge in [-0.3, -0.25) is 0 Å². The van der Waals surface area contributed by atoms with Crippen molar-refractivity contribution in [3.8, 4) is 5.75 Å². The zero-order valence-electron chi connectivity index (χ0n) is 9.32. The van der Waals surface area contributed by atoms with E-state index >= 15 is 0 Å². The molecule has 0 unspecified atom stereocenters. The van der Waals surface area contributed by atoms with Gasteiger partial charge in [-0.05, 0) is 19.1 Å². The van der Waals surface area contributed by atoms with Gasteiger partial charge in [0, 0.05) is 0 Å². The number of benzene rings is 1. The number of nitrogens with zero attached hydrogens (tertiary/aromatic N) is 1. The molecule has 0 amide bonds. The van der Waals surface area contributed by atoms with Gasteiger partial charge in [0.2, 0.25) is 0 Å². The van der Waals surface area contributed by atoms with E-state index in [2.05, 4.69) is 4.99 Å². The van der Waals surface area contributed by atoms with Crippen molar-refractivity contribution >= 4 is 21.0 Å². The monoisotopic (exact) mass is 267 g/mol. The third kappa shape index (κ3) is 2.12. The minimum atomic E-state index is -4.15. The SMILES string of the molecule is Cc1ccc(OC2=NC=C(C(=O)O)S2(=O)=O)cc1. The third-order valence-corrected chi connectivity index (χ3v) is 3.75. The number of carboxylic acids is 1. The number of aliphatic carboxylic acids is 1. The zero-order chi connectivity index (χ0) is 13.3. The molecule has 0 aliphatic carbocycles. The second kappa shape index (κ2) is 4.26. The van der Waals surface area contributed by atoms with Crippen molar-refractivity contribution in [3.05, 3.63) is 40.9 Å². The van der Waals surface area contributed by atoms with Gasteiger partial charge >= 0.3 is 11.2 Å². The van der Waals surface area contributed by atoms with Gasteiger partial charge in [0.1, 0.15) is 5.75 Å². The smallest absolute Gasteiger partial charge is 0.349 e. The Kier molecular flexibility index (Phi) is 2.92. The molecule has 0 atom stereocenters. The summed E-state index contributed by atoms with van der Waals surface area (Å²) in [6.07, 6.45) is 0.765. The van der Waals surface area contributed by atoms with Crippen molar-refractivity contribution in [1.29, 1.82) is 0 Å². The van der Waals surface area contributed by atoms with Crippen LogP contribution in [-0.4, -0.2) is 24.7 Å². The van der Waals surface area contributed by atoms with Gasteiger partial charge in [0.25, 0.3) is 9.84 Å². The summed E-state index contributed by atoms with van der Waals surface area (Å²) in [6, 6.07) is 6.63. The van der Waals surface area contributed by atoms with Crippen LogP contribution in [0.4, 0.5) is 0 Å². The Morgan fingerprint density at radius 3 is 2.39 bits per heavy atom. The Labute approximate surface area is 103 Å². The van der Waals surface area contributed by atoms with Gasteiger partial charge in [-0.25, -0.2) is 18.2 Å². The average molecular weight is 267 g/mol. The molecule has 1 aliphatic heterocycles. The molecule has 0 radical (unpaired) electrons. The third-order valence-electron chi connectivity index (χ3n) is 2.24. The van der Waals surface area contributed by atoms with Gasteiger partial charge in [0.15, 0.2) is 4.91 Å². The highest BCUT2D eigenvalue weighted by atomic mass is 32.2. The summed E-state index contributed by atoms with van der Waals surface area (Å²) < 4.78 is 28.5. The lowest BCUT2D eigenvalue weighted by Gasteiger charge is -2.05. The van der Waals surface area contributed by atoms with Gasteiger partial charge < -0.3 is 9.84 Å². The molecule has 0 bridgehead atoms. The second-order valence-corrected chi connectivity index (χ2v) is 5.41. The molecule has 6 nitrogen and oxygen atoms in total. The number of ether oxygens (including phenoxy) is 1. The molecule has 1 aromatic carbocycles. The molecule has 1 N–H and O–H groups in total. The van der Waals surface area contributed by atoms with Crippen LogP contribution in [-0.2, 0) is 14.6 Å². The lowest BCUT2D eigenvalue weighted by molar-refractivity contribution is -0.131. The maximum Gasteiger partial charge on any atom is 0.349 e. The molecule has 2 rings (SSSR count). The van der Waals surface area contributed by atoms with Gasteiger partial charge in [-0.15, -0.1) is 0 Å². The first kappa shape index (κ1) is 12.3. The Morgan fingerprint density at radius 1 is 1.28 bits per heavy atom. The first-order chi connectivity index (χ1) is 8.41. The number of sulfone groups is 1. The number of hydrogen-bond acceptors (Lipinski definition) is 5. The highest BCUT2D eigenvalue weighted by Gasteiger charge is 2.36. The Hall–Kier alpha value is -2.15. The fraction of sp³-hybridized carbons (Fsp3) is 0.0909. The van der Waals surface area contributed by atoms with Crippen molar-refractivity contribution in [3.63, 3.8) is 0 Å². The molecule has 0 aromatic heterocycles. The number of hydrogen-bond donors (Lipinski definition) is 1. The van der Waals surface area contributed by atoms with Crippen molar-refractivity contribution in [2.75, 3.05) is 0 Å². The largest absolute Gasteiger partial charge is 0.477 e. The Bertz CT molecular complexity index is 655. The van der Waals surface area contributed by atoms with Crippen LogP contribution in [0.15, 0.2) is 40.4 Å². The lowest BCUT2D eigenvalue weighted by Crippen LogP contribution is -2.22. The Balaban J connectivity index is 2.24. The van der Waals surface area contributed by atoms with E-state index in [1.54, 1.807) is 24.3 Å². The Morgan fingerprint density at radius 2 is 1.89 bits per heavy atom. The maximum atomic E-state index is 11.7. The number of carbonyl (C=O) groups is 1. The molecule has 18 heavy (non-hydrogen) atoms. The van der Waals surface area contributed by atoms with E-state index in [1.165, 1.54) is 0 Å². The van der Waals surface area contributed by atoms with Crippen molar-refractivity contribution < 1.29 is 23.1 Å². The van der Waals surface area contributed by atoms with Gasteiger partial charge in [-0.2, -0.15) is 0 Å². The molecular weight excluding hydrogens is 258 g/mol. The molecule has 94 valence electrons. The summed E-state index contributed by atoms with van der Waals surface area (Å²) in [7, 11) is -4.15. The molecule has 1 heterocycles. The number of carboxylic acid groups (broad SMARTS) is 1. The highest BCUT2D eigenvalue weighted by molar-refractivity contribution is 8.10. The predicted octanol–water partition coefficient (Wildman–Crippen LogP) is 1.08. The summed E-state index contributed by atoms with van der Waals surface area (Å²) in [5.74, 6) is -1.27. The zero-order valence-corrected chi connectivity index (χ0v) is 10.1. The van der Waals surface area contributed by atoms with Gasteiger partial charge in [-0.1, -0.05) is 17.7 Å². The number of aryl methyl sites for hydroxylation is 1. The topological polar surface area (TPSA) is 93.0 Å². The average Bonchev–Trinajstić information content (AvgIpc) is 2.58. The molecule has 0 saturated carbocycles. The minimum Gasteiger partial charge on any atom is -0.477 e.